The van der Waals surface area contributed by atoms with Gasteiger partial charge in [0.1, 0.15) is 23.9 Å². The predicted octanol–water partition coefficient (Wildman–Crippen LogP) is -2.93. The normalized spacial score (nSPS) is 56.9. The zero-order chi connectivity index (χ0) is 17.9. The van der Waals surface area contributed by atoms with Crippen molar-refractivity contribution < 1.29 is 44.8 Å². The van der Waals surface area contributed by atoms with E-state index in [1.54, 1.807) is 6.08 Å². The first-order valence-electron chi connectivity index (χ1n) is 8.54. The highest BCUT2D eigenvalue weighted by Crippen LogP contribution is 2.59. The molecule has 9 nitrogen and oxygen atoms in total. The van der Waals surface area contributed by atoms with E-state index in [2.05, 4.69) is 0 Å². The van der Waals surface area contributed by atoms with Crippen molar-refractivity contribution in [2.24, 2.45) is 17.8 Å². The average molecular weight is 360 g/mol. The van der Waals surface area contributed by atoms with Crippen molar-refractivity contribution in [2.75, 3.05) is 13.2 Å². The summed E-state index contributed by atoms with van der Waals surface area (Å²) in [6, 6.07) is 0. The molecular formula is C16H24O9. The number of hydrogen-bond donors (Lipinski definition) is 6. The molecule has 4 rings (SSSR count). The summed E-state index contributed by atoms with van der Waals surface area (Å²) in [6.45, 7) is -0.645. The van der Waals surface area contributed by atoms with E-state index in [9.17, 15) is 30.6 Å². The highest BCUT2D eigenvalue weighted by molar-refractivity contribution is 5.24. The highest BCUT2D eigenvalue weighted by Gasteiger charge is 2.75. The second-order valence-electron chi connectivity index (χ2n) is 7.40. The van der Waals surface area contributed by atoms with E-state index in [0.29, 0.717) is 0 Å². The Hall–Kier alpha value is -0.780. The van der Waals surface area contributed by atoms with Crippen LogP contribution >= 0.6 is 0 Å². The molecule has 6 N–H and O–H groups in total. The van der Waals surface area contributed by atoms with Crippen LogP contribution in [0.2, 0.25) is 0 Å². The molecule has 10 unspecified atom stereocenters. The molecule has 142 valence electrons. The van der Waals surface area contributed by atoms with Crippen LogP contribution in [0.4, 0.5) is 0 Å². The summed E-state index contributed by atoms with van der Waals surface area (Å²) in [5, 5.41) is 59.5. The summed E-state index contributed by atoms with van der Waals surface area (Å²) in [5.74, 6) is -1.41. The van der Waals surface area contributed by atoms with Gasteiger partial charge in [0.25, 0.3) is 0 Å². The minimum atomic E-state index is -1.45. The van der Waals surface area contributed by atoms with Gasteiger partial charge in [-0.25, -0.2) is 0 Å². The predicted molar refractivity (Wildman–Crippen MR) is 79.8 cm³/mol. The first-order chi connectivity index (χ1) is 11.9. The molecule has 25 heavy (non-hydrogen) atoms. The monoisotopic (exact) mass is 360 g/mol. The van der Waals surface area contributed by atoms with Crippen molar-refractivity contribution in [3.05, 3.63) is 12.3 Å². The first-order valence-corrected chi connectivity index (χ1v) is 8.54. The Balaban J connectivity index is 1.53. The molecule has 9 heteroatoms. The van der Waals surface area contributed by atoms with E-state index >= 15 is 0 Å². The fourth-order valence-corrected chi connectivity index (χ4v) is 4.63. The Morgan fingerprint density at radius 1 is 1.04 bits per heavy atom. The SMILES string of the molecule is OCC1CC(OC2OC=CC3C(O)C4O[C@]4(CO)C23)C(O)C(O)C1O. The zero-order valence-corrected chi connectivity index (χ0v) is 13.5. The van der Waals surface area contributed by atoms with Crippen LogP contribution in [-0.2, 0) is 14.2 Å². The van der Waals surface area contributed by atoms with Crippen LogP contribution in [0.25, 0.3) is 0 Å². The van der Waals surface area contributed by atoms with Gasteiger partial charge in [0, 0.05) is 18.4 Å². The van der Waals surface area contributed by atoms with Crippen molar-refractivity contribution in [3.63, 3.8) is 0 Å². The first kappa shape index (κ1) is 17.6. The lowest BCUT2D eigenvalue weighted by molar-refractivity contribution is -0.253. The van der Waals surface area contributed by atoms with Crippen molar-refractivity contribution in [1.29, 1.82) is 0 Å². The summed E-state index contributed by atoms with van der Waals surface area (Å²) in [4.78, 5) is 0. The van der Waals surface area contributed by atoms with Crippen LogP contribution in [0.3, 0.4) is 0 Å². The van der Waals surface area contributed by atoms with Crippen LogP contribution in [0.5, 0.6) is 0 Å². The largest absolute Gasteiger partial charge is 0.472 e. The van der Waals surface area contributed by atoms with Crippen molar-refractivity contribution >= 4 is 0 Å². The van der Waals surface area contributed by atoms with Crippen LogP contribution in [0, 0.1) is 17.8 Å². The Morgan fingerprint density at radius 3 is 2.48 bits per heavy atom. The summed E-state index contributed by atoms with van der Waals surface area (Å²) < 4.78 is 16.9. The van der Waals surface area contributed by atoms with Crippen molar-refractivity contribution in [1.82, 2.24) is 0 Å². The molecule has 0 aromatic carbocycles. The standard InChI is InChI=1S/C16H24O9/c17-4-6-3-8(12(21)13(22)10(6)19)24-15-9-7(1-2-23-15)11(20)14-16(9,5-18)25-14/h1-2,6-15,17-22H,3-5H2/t6?,7?,8?,9?,10?,11?,12?,13?,14?,15?,16-/m1/s1. The van der Waals surface area contributed by atoms with Gasteiger partial charge < -0.3 is 44.8 Å². The quantitative estimate of drug-likeness (QED) is 0.289. The third-order valence-electron chi connectivity index (χ3n) is 6.15. The molecule has 11 atom stereocenters. The number of aliphatic hydroxyl groups excluding tert-OH is 6. The average Bonchev–Trinajstić information content (AvgIpc) is 3.31. The van der Waals surface area contributed by atoms with E-state index in [0.717, 1.165) is 0 Å². The number of aliphatic hydroxyl groups is 6. The van der Waals surface area contributed by atoms with Gasteiger partial charge >= 0.3 is 0 Å². The van der Waals surface area contributed by atoms with Gasteiger partial charge in [-0.1, -0.05) is 0 Å². The number of epoxide rings is 1. The molecular weight excluding hydrogens is 336 g/mol. The number of ether oxygens (including phenoxy) is 3. The fraction of sp³-hybridized carbons (Fsp3) is 0.875. The summed E-state index contributed by atoms with van der Waals surface area (Å²) in [6.07, 6.45) is -3.83. The fourth-order valence-electron chi connectivity index (χ4n) is 4.63. The third kappa shape index (κ3) is 2.46. The second kappa shape index (κ2) is 6.14. The Kier molecular flexibility index (Phi) is 4.33. The molecule has 0 aromatic heterocycles. The maximum Gasteiger partial charge on any atom is 0.205 e. The lowest BCUT2D eigenvalue weighted by Crippen LogP contribution is -2.57. The molecule has 0 radical (unpaired) electrons. The Labute approximate surface area is 144 Å². The van der Waals surface area contributed by atoms with E-state index in [-0.39, 0.29) is 25.6 Å². The Bertz CT molecular complexity index is 540. The van der Waals surface area contributed by atoms with Crippen LogP contribution in [-0.4, -0.2) is 92.4 Å². The van der Waals surface area contributed by atoms with Gasteiger partial charge in [0.2, 0.25) is 6.29 Å². The van der Waals surface area contributed by atoms with E-state index < -0.39 is 60.4 Å². The third-order valence-corrected chi connectivity index (χ3v) is 6.15. The molecule has 0 amide bonds. The number of rotatable bonds is 4. The van der Waals surface area contributed by atoms with Crippen LogP contribution in [0.15, 0.2) is 12.3 Å². The molecule has 2 aliphatic carbocycles. The van der Waals surface area contributed by atoms with Crippen molar-refractivity contribution in [2.45, 2.75) is 54.9 Å². The highest BCUT2D eigenvalue weighted by atomic mass is 16.7. The zero-order valence-electron chi connectivity index (χ0n) is 13.5. The summed E-state index contributed by atoms with van der Waals surface area (Å²) in [7, 11) is 0. The van der Waals surface area contributed by atoms with Gasteiger partial charge in [-0.2, -0.15) is 0 Å². The van der Waals surface area contributed by atoms with Crippen molar-refractivity contribution in [3.8, 4) is 0 Å². The molecule has 2 saturated carbocycles. The maximum atomic E-state index is 10.3. The van der Waals surface area contributed by atoms with Gasteiger partial charge in [-0.15, -0.1) is 0 Å². The lowest BCUT2D eigenvalue weighted by Gasteiger charge is -2.43. The lowest BCUT2D eigenvalue weighted by atomic mass is 9.80. The molecule has 2 heterocycles. The Morgan fingerprint density at radius 2 is 1.80 bits per heavy atom. The van der Waals surface area contributed by atoms with Crippen LogP contribution in [0.1, 0.15) is 6.42 Å². The maximum absolute atomic E-state index is 10.3. The number of fused-ring (bicyclic) bond motifs is 3. The van der Waals surface area contributed by atoms with E-state index in [1.807, 2.05) is 0 Å². The van der Waals surface area contributed by atoms with E-state index in [1.165, 1.54) is 6.26 Å². The van der Waals surface area contributed by atoms with Gasteiger partial charge in [0.15, 0.2) is 0 Å². The number of hydrogen-bond acceptors (Lipinski definition) is 9. The van der Waals surface area contributed by atoms with Gasteiger partial charge in [-0.3, -0.25) is 0 Å². The van der Waals surface area contributed by atoms with Gasteiger partial charge in [0.05, 0.1) is 37.1 Å². The molecule has 0 bridgehead atoms. The topological polar surface area (TPSA) is 152 Å². The molecule has 4 aliphatic rings. The molecule has 1 saturated heterocycles. The second-order valence-corrected chi connectivity index (χ2v) is 7.40. The molecule has 0 aromatic rings. The minimum Gasteiger partial charge on any atom is -0.472 e. The molecule has 2 aliphatic heterocycles. The van der Waals surface area contributed by atoms with E-state index in [4.69, 9.17) is 14.2 Å². The molecule has 3 fully saturated rings. The smallest absolute Gasteiger partial charge is 0.205 e. The van der Waals surface area contributed by atoms with Gasteiger partial charge in [-0.05, 0) is 12.5 Å². The minimum absolute atomic E-state index is 0.135. The molecule has 0 spiro atoms. The van der Waals surface area contributed by atoms with Crippen LogP contribution < -0.4 is 0 Å². The summed E-state index contributed by atoms with van der Waals surface area (Å²) in [5.41, 5.74) is -0.937. The summed E-state index contributed by atoms with van der Waals surface area (Å²) >= 11 is 0.